The molecule has 0 aliphatic rings. The molecule has 1 heterocycles. The first-order chi connectivity index (χ1) is 11.6. The van der Waals surface area contributed by atoms with Crippen LogP contribution in [0, 0.1) is 11.2 Å². The summed E-state index contributed by atoms with van der Waals surface area (Å²) in [6.07, 6.45) is 1.30. The number of hydrogen-bond acceptors (Lipinski definition) is 4. The average molecular weight is 364 g/mol. The number of aromatic nitrogens is 1. The van der Waals surface area contributed by atoms with E-state index in [2.05, 4.69) is 4.98 Å². The molecule has 2 aromatic rings. The Morgan fingerprint density at radius 1 is 1.24 bits per heavy atom. The smallest absolute Gasteiger partial charge is 0.234 e. The van der Waals surface area contributed by atoms with Gasteiger partial charge in [0, 0.05) is 16.5 Å². The Hall–Kier alpha value is -1.79. The maximum absolute atomic E-state index is 13.4. The van der Waals surface area contributed by atoms with Crippen molar-refractivity contribution >= 4 is 22.9 Å². The van der Waals surface area contributed by atoms with Crippen molar-refractivity contribution < 1.29 is 9.18 Å². The topological polar surface area (TPSA) is 59.2 Å². The molecule has 2 N–H and O–H groups in total. The molecule has 0 saturated carbocycles. The minimum Gasteiger partial charge on any atom is -0.303 e. The quantitative estimate of drug-likeness (QED) is 0.799. The summed E-state index contributed by atoms with van der Waals surface area (Å²) in [4.78, 5) is 19.4. The summed E-state index contributed by atoms with van der Waals surface area (Å²) in [5.74, 6) is -0.484. The Morgan fingerprint density at radius 3 is 2.28 bits per heavy atom. The Labute approximate surface area is 152 Å². The minimum atomic E-state index is -1.09. The van der Waals surface area contributed by atoms with Gasteiger partial charge in [-0.25, -0.2) is 9.37 Å². The minimum absolute atomic E-state index is 0.130. The van der Waals surface area contributed by atoms with Crippen LogP contribution in [-0.2, 0) is 16.9 Å². The van der Waals surface area contributed by atoms with Crippen LogP contribution in [0.25, 0.3) is 0 Å². The van der Waals surface area contributed by atoms with E-state index in [1.54, 1.807) is 17.0 Å². The second-order valence-electron chi connectivity index (χ2n) is 7.12. The van der Waals surface area contributed by atoms with E-state index < -0.39 is 11.1 Å². The van der Waals surface area contributed by atoms with Crippen LogP contribution < -0.4 is 10.6 Å². The Kier molecular flexibility index (Phi) is 5.64. The summed E-state index contributed by atoms with van der Waals surface area (Å²) in [6, 6.07) is 5.85. The molecule has 0 aliphatic heterocycles. The van der Waals surface area contributed by atoms with E-state index in [0.717, 1.165) is 11.4 Å². The van der Waals surface area contributed by atoms with E-state index in [9.17, 15) is 9.18 Å². The second kappa shape index (κ2) is 7.22. The summed E-state index contributed by atoms with van der Waals surface area (Å²) in [7, 11) is 0. The van der Waals surface area contributed by atoms with Crippen LogP contribution >= 0.6 is 11.3 Å². The van der Waals surface area contributed by atoms with E-state index in [4.69, 9.17) is 5.73 Å². The molecule has 0 bridgehead atoms. The third-order valence-corrected chi connectivity index (χ3v) is 5.16. The Balaban J connectivity index is 2.62. The number of halogens is 1. The lowest BCUT2D eigenvalue weighted by atomic mass is 9.90. The van der Waals surface area contributed by atoms with Gasteiger partial charge in [0.1, 0.15) is 11.5 Å². The summed E-state index contributed by atoms with van der Waals surface area (Å²) in [5, 5.41) is 2.88. The summed E-state index contributed by atoms with van der Waals surface area (Å²) in [6.45, 7) is 9.50. The van der Waals surface area contributed by atoms with Crippen LogP contribution in [0.3, 0.4) is 0 Å². The lowest BCUT2D eigenvalue weighted by Gasteiger charge is -2.42. The number of carbonyl (C=O) groups excluding carboxylic acids is 1. The van der Waals surface area contributed by atoms with Gasteiger partial charge in [0.15, 0.2) is 0 Å². The fourth-order valence-electron chi connectivity index (χ4n) is 2.58. The van der Waals surface area contributed by atoms with Crippen LogP contribution in [-0.4, -0.2) is 10.9 Å². The van der Waals surface area contributed by atoms with Crippen molar-refractivity contribution in [2.24, 2.45) is 11.1 Å². The molecule has 1 unspecified atom stereocenters. The van der Waals surface area contributed by atoms with Crippen molar-refractivity contribution in [3.05, 3.63) is 46.2 Å². The normalized spacial score (nSPS) is 14.2. The van der Waals surface area contributed by atoms with E-state index in [1.807, 2.05) is 40.0 Å². The van der Waals surface area contributed by atoms with Crippen LogP contribution in [0.2, 0.25) is 0 Å². The number of anilines is 1. The highest BCUT2D eigenvalue weighted by Crippen LogP contribution is 2.36. The largest absolute Gasteiger partial charge is 0.303 e. The van der Waals surface area contributed by atoms with E-state index >= 15 is 0 Å². The molecular formula is C19H26FN3OS. The number of nitrogens with two attached hydrogens (primary N) is 1. The molecule has 0 radical (unpaired) electrons. The molecule has 1 atom stereocenters. The zero-order valence-corrected chi connectivity index (χ0v) is 16.3. The molecular weight excluding hydrogens is 337 g/mol. The predicted octanol–water partition coefficient (Wildman–Crippen LogP) is 4.45. The van der Waals surface area contributed by atoms with Gasteiger partial charge in [-0.2, -0.15) is 0 Å². The molecule has 136 valence electrons. The number of carbonyl (C=O) groups is 1. The maximum atomic E-state index is 13.4. The molecule has 1 aromatic heterocycles. The van der Waals surface area contributed by atoms with Crippen molar-refractivity contribution in [2.75, 3.05) is 4.90 Å². The fourth-order valence-corrected chi connectivity index (χ4v) is 3.40. The van der Waals surface area contributed by atoms with Crippen LogP contribution in [0.1, 0.15) is 51.7 Å². The molecule has 4 nitrogen and oxygen atoms in total. The van der Waals surface area contributed by atoms with Gasteiger partial charge in [-0.15, -0.1) is 11.3 Å². The van der Waals surface area contributed by atoms with Gasteiger partial charge in [-0.05, 0) is 37.1 Å². The summed E-state index contributed by atoms with van der Waals surface area (Å²) in [5.41, 5.74) is 6.25. The van der Waals surface area contributed by atoms with Crippen molar-refractivity contribution in [2.45, 2.75) is 53.1 Å². The number of benzene rings is 1. The Morgan fingerprint density at radius 2 is 1.84 bits per heavy atom. The summed E-state index contributed by atoms with van der Waals surface area (Å²) < 4.78 is 13.4. The number of hydrogen-bond donors (Lipinski definition) is 1. The first-order valence-corrected chi connectivity index (χ1v) is 9.35. The van der Waals surface area contributed by atoms with Crippen molar-refractivity contribution in [3.8, 4) is 0 Å². The highest BCUT2D eigenvalue weighted by atomic mass is 32.1. The number of aryl methyl sites for hydroxylation is 1. The van der Waals surface area contributed by atoms with Crippen molar-refractivity contribution in [1.82, 2.24) is 4.98 Å². The van der Waals surface area contributed by atoms with Gasteiger partial charge in [0.25, 0.3) is 0 Å². The first-order valence-electron chi connectivity index (χ1n) is 8.47. The number of amides is 1. The molecule has 0 saturated heterocycles. The highest BCUT2D eigenvalue weighted by molar-refractivity contribution is 7.09. The molecule has 1 amide bonds. The average Bonchev–Trinajstić information content (AvgIpc) is 3.05. The van der Waals surface area contributed by atoms with E-state index in [1.165, 1.54) is 23.5 Å². The first kappa shape index (κ1) is 19.5. The molecule has 0 spiro atoms. The van der Waals surface area contributed by atoms with Gasteiger partial charge >= 0.3 is 0 Å². The third-order valence-electron chi connectivity index (χ3n) is 4.17. The van der Waals surface area contributed by atoms with Gasteiger partial charge in [-0.3, -0.25) is 9.69 Å². The zero-order valence-electron chi connectivity index (χ0n) is 15.5. The van der Waals surface area contributed by atoms with Crippen LogP contribution in [0.4, 0.5) is 10.1 Å². The highest BCUT2D eigenvalue weighted by Gasteiger charge is 2.43. The molecule has 6 heteroatoms. The van der Waals surface area contributed by atoms with Crippen molar-refractivity contribution in [3.63, 3.8) is 0 Å². The predicted molar refractivity (Wildman–Crippen MR) is 101 cm³/mol. The van der Waals surface area contributed by atoms with E-state index in [-0.39, 0.29) is 11.7 Å². The number of nitrogens with zero attached hydrogens (tertiary/aromatic N) is 2. The lowest BCUT2D eigenvalue weighted by molar-refractivity contribution is -0.127. The fraction of sp³-hybridized carbons (Fsp3) is 0.474. The second-order valence-corrected chi connectivity index (χ2v) is 8.07. The van der Waals surface area contributed by atoms with Crippen molar-refractivity contribution in [1.29, 1.82) is 0 Å². The van der Waals surface area contributed by atoms with Gasteiger partial charge in [0.2, 0.25) is 5.91 Å². The molecule has 1 aromatic carbocycles. The molecule has 25 heavy (non-hydrogen) atoms. The van der Waals surface area contributed by atoms with E-state index in [0.29, 0.717) is 17.8 Å². The van der Waals surface area contributed by atoms with Gasteiger partial charge in [0.05, 0.1) is 10.7 Å². The van der Waals surface area contributed by atoms with Crippen LogP contribution in [0.5, 0.6) is 0 Å². The molecule has 0 fully saturated rings. The third kappa shape index (κ3) is 3.90. The van der Waals surface area contributed by atoms with Gasteiger partial charge < -0.3 is 5.73 Å². The number of thiazole rings is 1. The number of rotatable bonds is 5. The molecule has 2 rings (SSSR count). The van der Waals surface area contributed by atoms with Crippen LogP contribution in [0.15, 0.2) is 29.6 Å². The maximum Gasteiger partial charge on any atom is 0.234 e. The zero-order chi connectivity index (χ0) is 18.8. The standard InChI is InChI=1S/C19H26FN3OS/c1-6-16-22-15(12-25-16)19(21,7-2)23(17(24)18(3,4)5)14-10-8-13(20)9-11-14/h8-12H,6-7,21H2,1-5H3. The Bertz CT molecular complexity index is 736. The SMILES string of the molecule is CCc1nc(C(N)(CC)N(C(=O)C(C)(C)C)c2ccc(F)cc2)cs1. The molecule has 0 aliphatic carbocycles. The lowest BCUT2D eigenvalue weighted by Crippen LogP contribution is -2.58. The monoisotopic (exact) mass is 363 g/mol. The summed E-state index contributed by atoms with van der Waals surface area (Å²) >= 11 is 1.54. The van der Waals surface area contributed by atoms with Gasteiger partial charge in [-0.1, -0.05) is 34.6 Å².